The van der Waals surface area contributed by atoms with Crippen molar-refractivity contribution in [2.45, 2.75) is 43.7 Å². The smallest absolute Gasteiger partial charge is 0.246 e. The Labute approximate surface area is 337 Å². The minimum atomic E-state index is -1.36. The first-order chi connectivity index (χ1) is 27.7. The third kappa shape index (κ3) is 6.10. The molecule has 4 aromatic rings. The number of halogens is 1. The molecule has 10 heteroatoms. The highest BCUT2D eigenvalue weighted by Crippen LogP contribution is 2.62. The molecule has 3 heterocycles. The zero-order valence-electron chi connectivity index (χ0n) is 31.7. The molecule has 0 bridgehead atoms. The number of anilines is 1. The van der Waals surface area contributed by atoms with Crippen LogP contribution in [-0.2, 0) is 31.1 Å². The predicted octanol–water partition coefficient (Wildman–Crippen LogP) is 7.43. The average Bonchev–Trinajstić information content (AvgIpc) is 3.62. The number of hydrogen-bond acceptors (Lipinski definition) is 7. The SMILES string of the molecule is COc1cc(C=CC2C3=CCC4C(=O)N(C5CCN(Cc6ccccc6)CC5)C(=O)C4C3CC3C(=O)N(c4cccc(Cl)c4)C(=O)C23c2ccccc2)ccc1O. The number of amides is 4. The second kappa shape index (κ2) is 14.8. The van der Waals surface area contributed by atoms with E-state index in [1.807, 2.05) is 60.7 Å². The van der Waals surface area contributed by atoms with Gasteiger partial charge in [-0.25, -0.2) is 4.90 Å². The standard InChI is InChI=1S/C47H44ClN3O6/c1-57-41-25-29(16-20-40(41)52)15-19-38-35-17-18-36-42(45(55)50(43(36)53)33-21-23-49(24-22-33)28-30-9-4-2-5-10-30)37(35)27-39-44(54)51(34-14-8-13-32(48)26-34)46(56)47(38,39)31-11-6-3-7-12-31/h2-17,19-20,25-26,33,36-39,42,52H,18,21-24,27-28H2,1H3. The maximum absolute atomic E-state index is 15.4. The second-order valence-electron chi connectivity index (χ2n) is 16.0. The molecule has 0 spiro atoms. The molecule has 1 N–H and O–H groups in total. The predicted molar refractivity (Wildman–Crippen MR) is 217 cm³/mol. The van der Waals surface area contributed by atoms with E-state index in [4.69, 9.17) is 16.3 Å². The van der Waals surface area contributed by atoms with E-state index in [1.165, 1.54) is 17.6 Å². The summed E-state index contributed by atoms with van der Waals surface area (Å²) in [6, 6.07) is 31.4. The zero-order valence-corrected chi connectivity index (χ0v) is 32.4. The molecule has 0 radical (unpaired) electrons. The lowest BCUT2D eigenvalue weighted by molar-refractivity contribution is -0.144. The maximum atomic E-state index is 15.4. The number of aromatic hydroxyl groups is 1. The van der Waals surface area contributed by atoms with Gasteiger partial charge in [0.2, 0.25) is 23.6 Å². The first-order valence-corrected chi connectivity index (χ1v) is 20.2. The molecule has 290 valence electrons. The number of ether oxygens (including phenoxy) is 1. The molecule has 6 atom stereocenters. The third-order valence-electron chi connectivity index (χ3n) is 13.1. The summed E-state index contributed by atoms with van der Waals surface area (Å²) in [5.41, 5.74) is 2.59. The first kappa shape index (κ1) is 37.1. The largest absolute Gasteiger partial charge is 0.504 e. The van der Waals surface area contributed by atoms with Crippen LogP contribution in [-0.4, -0.2) is 64.8 Å². The van der Waals surface area contributed by atoms with Crippen LogP contribution in [0, 0.1) is 29.6 Å². The molecule has 9 nitrogen and oxygen atoms in total. The van der Waals surface area contributed by atoms with Gasteiger partial charge < -0.3 is 9.84 Å². The fourth-order valence-corrected chi connectivity index (χ4v) is 10.7. The summed E-state index contributed by atoms with van der Waals surface area (Å²) in [4.78, 5) is 64.7. The van der Waals surface area contributed by atoms with Crippen molar-refractivity contribution in [1.29, 1.82) is 0 Å². The highest BCUT2D eigenvalue weighted by Gasteiger charge is 2.69. The minimum absolute atomic E-state index is 0.00111. The van der Waals surface area contributed by atoms with Crippen molar-refractivity contribution in [3.05, 3.63) is 143 Å². The van der Waals surface area contributed by atoms with Crippen molar-refractivity contribution < 1.29 is 29.0 Å². The van der Waals surface area contributed by atoms with E-state index in [2.05, 4.69) is 23.1 Å². The lowest BCUT2D eigenvalue weighted by atomic mass is 9.50. The first-order valence-electron chi connectivity index (χ1n) is 19.8. The fraction of sp³-hybridized carbons (Fsp3) is 0.319. The number of phenols is 1. The molecule has 5 aliphatic rings. The van der Waals surface area contributed by atoms with Gasteiger partial charge in [-0.15, -0.1) is 0 Å². The molecule has 3 aliphatic heterocycles. The molecule has 2 aliphatic carbocycles. The third-order valence-corrected chi connectivity index (χ3v) is 13.4. The number of nitrogens with zero attached hydrogens (tertiary/aromatic N) is 3. The van der Waals surface area contributed by atoms with Crippen LogP contribution >= 0.6 is 11.6 Å². The minimum Gasteiger partial charge on any atom is -0.504 e. The Kier molecular flexibility index (Phi) is 9.61. The summed E-state index contributed by atoms with van der Waals surface area (Å²) in [6.07, 6.45) is 7.96. The second-order valence-corrected chi connectivity index (χ2v) is 16.4. The molecule has 6 unspecified atom stereocenters. The summed E-state index contributed by atoms with van der Waals surface area (Å²) in [6.45, 7) is 2.39. The zero-order chi connectivity index (χ0) is 39.4. The Morgan fingerprint density at radius 3 is 2.30 bits per heavy atom. The fourth-order valence-electron chi connectivity index (χ4n) is 10.6. The number of benzene rings is 4. The Balaban J connectivity index is 1.11. The molecule has 3 saturated heterocycles. The van der Waals surface area contributed by atoms with Crippen LogP contribution in [0.25, 0.3) is 6.08 Å². The number of phenolic OH excluding ortho intramolecular Hbond substituents is 1. The van der Waals surface area contributed by atoms with E-state index < -0.39 is 35.0 Å². The molecule has 0 aromatic heterocycles. The number of allylic oxidation sites excluding steroid dienone is 3. The number of carbonyl (C=O) groups excluding carboxylic acids is 4. The lowest BCUT2D eigenvalue weighted by Crippen LogP contribution is -2.54. The molecule has 1 saturated carbocycles. The molecular formula is C47H44ClN3O6. The molecule has 57 heavy (non-hydrogen) atoms. The summed E-state index contributed by atoms with van der Waals surface area (Å²) in [5.74, 6) is -3.79. The van der Waals surface area contributed by atoms with Crippen LogP contribution in [0.15, 0.2) is 121 Å². The van der Waals surface area contributed by atoms with Crippen molar-refractivity contribution in [2.75, 3.05) is 25.1 Å². The van der Waals surface area contributed by atoms with Gasteiger partial charge in [-0.2, -0.15) is 0 Å². The van der Waals surface area contributed by atoms with Gasteiger partial charge in [0.15, 0.2) is 11.5 Å². The van der Waals surface area contributed by atoms with Crippen LogP contribution < -0.4 is 9.64 Å². The van der Waals surface area contributed by atoms with Crippen LogP contribution in [0.4, 0.5) is 5.69 Å². The van der Waals surface area contributed by atoms with E-state index >= 15 is 4.79 Å². The molecular weight excluding hydrogens is 738 g/mol. The van der Waals surface area contributed by atoms with E-state index in [0.717, 1.165) is 30.8 Å². The van der Waals surface area contributed by atoms with Crippen LogP contribution in [0.1, 0.15) is 42.4 Å². The number of rotatable bonds is 8. The van der Waals surface area contributed by atoms with Crippen LogP contribution in [0.3, 0.4) is 0 Å². The maximum Gasteiger partial charge on any atom is 0.246 e. The number of methoxy groups -OCH3 is 1. The van der Waals surface area contributed by atoms with E-state index in [1.54, 1.807) is 47.4 Å². The highest BCUT2D eigenvalue weighted by molar-refractivity contribution is 6.32. The van der Waals surface area contributed by atoms with Gasteiger partial charge in [0.05, 0.1) is 36.0 Å². The van der Waals surface area contributed by atoms with Gasteiger partial charge >= 0.3 is 0 Å². The van der Waals surface area contributed by atoms with Crippen molar-refractivity contribution >= 4 is 47.0 Å². The van der Waals surface area contributed by atoms with Gasteiger partial charge in [0, 0.05) is 36.6 Å². The molecule has 4 aromatic carbocycles. The summed E-state index contributed by atoms with van der Waals surface area (Å²) in [7, 11) is 1.48. The lowest BCUT2D eigenvalue weighted by Gasteiger charge is -2.49. The molecule has 4 amide bonds. The van der Waals surface area contributed by atoms with Crippen molar-refractivity contribution in [3.63, 3.8) is 0 Å². The van der Waals surface area contributed by atoms with Gasteiger partial charge in [0.1, 0.15) is 0 Å². The highest BCUT2D eigenvalue weighted by atomic mass is 35.5. The van der Waals surface area contributed by atoms with Gasteiger partial charge in [0.25, 0.3) is 0 Å². The Morgan fingerprint density at radius 1 is 0.842 bits per heavy atom. The molecule has 4 fully saturated rings. The monoisotopic (exact) mass is 781 g/mol. The number of likely N-dealkylation sites (tertiary alicyclic amines) is 2. The van der Waals surface area contributed by atoms with E-state index in [9.17, 15) is 19.5 Å². The number of imide groups is 2. The summed E-state index contributed by atoms with van der Waals surface area (Å²) < 4.78 is 5.40. The van der Waals surface area contributed by atoms with Gasteiger partial charge in [-0.1, -0.05) is 108 Å². The topological polar surface area (TPSA) is 107 Å². The summed E-state index contributed by atoms with van der Waals surface area (Å²) >= 11 is 6.44. The molecule has 9 rings (SSSR count). The number of fused-ring (bicyclic) bond motifs is 4. The van der Waals surface area contributed by atoms with E-state index in [0.29, 0.717) is 41.3 Å². The van der Waals surface area contributed by atoms with E-state index in [-0.39, 0.29) is 41.8 Å². The Morgan fingerprint density at radius 2 is 1.58 bits per heavy atom. The van der Waals surface area contributed by atoms with Crippen molar-refractivity contribution in [2.24, 2.45) is 29.6 Å². The quantitative estimate of drug-likeness (QED) is 0.147. The number of hydrogen-bond donors (Lipinski definition) is 1. The van der Waals surface area contributed by atoms with Crippen LogP contribution in [0.5, 0.6) is 11.5 Å². The number of piperidine rings is 1. The normalized spacial score (nSPS) is 27.8. The van der Waals surface area contributed by atoms with Crippen molar-refractivity contribution in [3.8, 4) is 11.5 Å². The Hall–Kier alpha value is -5.51. The number of carbonyl (C=O) groups is 4. The Bertz CT molecular complexity index is 2300. The van der Waals surface area contributed by atoms with Crippen molar-refractivity contribution in [1.82, 2.24) is 9.80 Å². The van der Waals surface area contributed by atoms with Gasteiger partial charge in [-0.05, 0) is 78.6 Å². The summed E-state index contributed by atoms with van der Waals surface area (Å²) in [5, 5.41) is 10.7. The average molecular weight is 782 g/mol. The van der Waals surface area contributed by atoms with Crippen LogP contribution in [0.2, 0.25) is 5.02 Å². The van der Waals surface area contributed by atoms with Gasteiger partial charge in [-0.3, -0.25) is 29.0 Å².